The minimum absolute atomic E-state index is 0.282. The van der Waals surface area contributed by atoms with E-state index in [0.29, 0.717) is 0 Å². The quantitative estimate of drug-likeness (QED) is 0.833. The van der Waals surface area contributed by atoms with Crippen LogP contribution in [-0.2, 0) is 0 Å². The van der Waals surface area contributed by atoms with Crippen molar-refractivity contribution in [1.82, 2.24) is 4.90 Å². The van der Waals surface area contributed by atoms with E-state index in [2.05, 4.69) is 47.0 Å². The molecule has 19 heavy (non-hydrogen) atoms. The molecule has 2 rings (SSSR count). The number of hydrogen-bond donors (Lipinski definition) is 2. The Kier molecular flexibility index (Phi) is 4.41. The molecule has 0 aromatic heterocycles. The molecule has 0 saturated carbocycles. The molecule has 1 aliphatic heterocycles. The zero-order chi connectivity index (χ0) is 14.0. The van der Waals surface area contributed by atoms with Gasteiger partial charge >= 0.3 is 0 Å². The van der Waals surface area contributed by atoms with Crippen LogP contribution in [0, 0.1) is 11.3 Å². The minimum Gasteiger partial charge on any atom is -0.397 e. The molecule has 4 heteroatoms. The normalized spacial score (nSPS) is 20.7. The fourth-order valence-corrected chi connectivity index (χ4v) is 3.11. The Hall–Kier alpha value is -0.740. The first-order chi connectivity index (χ1) is 8.88. The summed E-state index contributed by atoms with van der Waals surface area (Å²) in [6.07, 6.45) is 1.29. The highest BCUT2D eigenvalue weighted by Gasteiger charge is 2.33. The average Bonchev–Trinajstić information content (AvgIpc) is 2.75. The molecule has 106 valence electrons. The van der Waals surface area contributed by atoms with Crippen LogP contribution in [0.4, 0.5) is 11.4 Å². The smallest absolute Gasteiger partial charge is 0.0574 e. The Balaban J connectivity index is 1.97. The number of nitrogens with two attached hydrogens (primary N) is 1. The lowest BCUT2D eigenvalue weighted by Gasteiger charge is -2.32. The molecule has 1 saturated heterocycles. The zero-order valence-corrected chi connectivity index (χ0v) is 13.6. The lowest BCUT2D eigenvalue weighted by atomic mass is 9.78. The van der Waals surface area contributed by atoms with Gasteiger partial charge in [-0.2, -0.15) is 0 Å². The molecule has 1 fully saturated rings. The molecular formula is C15H24BrN3. The Morgan fingerprint density at radius 2 is 2.21 bits per heavy atom. The van der Waals surface area contributed by atoms with Gasteiger partial charge in [-0.3, -0.25) is 0 Å². The molecule has 0 radical (unpaired) electrons. The van der Waals surface area contributed by atoms with Crippen molar-refractivity contribution >= 4 is 27.3 Å². The molecule has 3 nitrogen and oxygen atoms in total. The summed E-state index contributed by atoms with van der Waals surface area (Å²) >= 11 is 3.43. The molecule has 0 aliphatic carbocycles. The van der Waals surface area contributed by atoms with E-state index < -0.39 is 0 Å². The SMILES string of the molecule is CN1CCC(C(C)(C)CNc2ccc(Br)cc2N)C1. The van der Waals surface area contributed by atoms with Gasteiger partial charge in [0.1, 0.15) is 0 Å². The summed E-state index contributed by atoms with van der Waals surface area (Å²) in [5, 5.41) is 3.51. The van der Waals surface area contributed by atoms with Gasteiger partial charge in [-0.05, 0) is 49.5 Å². The predicted molar refractivity (Wildman–Crippen MR) is 86.4 cm³/mol. The summed E-state index contributed by atoms with van der Waals surface area (Å²) in [4.78, 5) is 2.42. The molecular weight excluding hydrogens is 302 g/mol. The lowest BCUT2D eigenvalue weighted by molar-refractivity contribution is 0.231. The van der Waals surface area contributed by atoms with Gasteiger partial charge in [0.05, 0.1) is 11.4 Å². The van der Waals surface area contributed by atoms with Crippen molar-refractivity contribution in [3.63, 3.8) is 0 Å². The van der Waals surface area contributed by atoms with Gasteiger partial charge in [0, 0.05) is 17.6 Å². The van der Waals surface area contributed by atoms with Gasteiger partial charge in [0.2, 0.25) is 0 Å². The summed E-state index contributed by atoms with van der Waals surface area (Å²) in [6, 6.07) is 6.00. The Morgan fingerprint density at radius 1 is 1.47 bits per heavy atom. The van der Waals surface area contributed by atoms with E-state index in [4.69, 9.17) is 5.73 Å². The predicted octanol–water partition coefficient (Wildman–Crippen LogP) is 3.42. The van der Waals surface area contributed by atoms with Crippen LogP contribution in [0.5, 0.6) is 0 Å². The van der Waals surface area contributed by atoms with Crippen molar-refractivity contribution in [2.45, 2.75) is 20.3 Å². The summed E-state index contributed by atoms with van der Waals surface area (Å²) in [5.41, 5.74) is 8.14. The van der Waals surface area contributed by atoms with Crippen LogP contribution in [0.3, 0.4) is 0 Å². The number of halogens is 1. The summed E-state index contributed by atoms with van der Waals surface area (Å²) in [7, 11) is 2.20. The number of anilines is 2. The Labute approximate surface area is 124 Å². The van der Waals surface area contributed by atoms with Crippen molar-refractivity contribution < 1.29 is 0 Å². The highest BCUT2D eigenvalue weighted by Crippen LogP contribution is 2.34. The summed E-state index contributed by atoms with van der Waals surface area (Å²) in [6.45, 7) is 8.06. The van der Waals surface area contributed by atoms with Gasteiger partial charge in [0.25, 0.3) is 0 Å². The number of nitrogen functional groups attached to an aromatic ring is 1. The minimum atomic E-state index is 0.282. The van der Waals surface area contributed by atoms with Crippen LogP contribution in [-0.4, -0.2) is 31.6 Å². The molecule has 1 heterocycles. The fraction of sp³-hybridized carbons (Fsp3) is 0.600. The second-order valence-electron chi connectivity index (χ2n) is 6.32. The van der Waals surface area contributed by atoms with E-state index in [1.54, 1.807) is 0 Å². The molecule has 0 spiro atoms. The topological polar surface area (TPSA) is 41.3 Å². The number of rotatable bonds is 4. The van der Waals surface area contributed by atoms with Gasteiger partial charge in [-0.1, -0.05) is 29.8 Å². The Morgan fingerprint density at radius 3 is 2.79 bits per heavy atom. The van der Waals surface area contributed by atoms with E-state index in [1.165, 1.54) is 19.5 Å². The first-order valence-corrected chi connectivity index (χ1v) is 7.65. The van der Waals surface area contributed by atoms with E-state index in [1.807, 2.05) is 18.2 Å². The third-order valence-corrected chi connectivity index (χ3v) is 4.74. The number of likely N-dealkylation sites (tertiary alicyclic amines) is 1. The third-order valence-electron chi connectivity index (χ3n) is 4.24. The van der Waals surface area contributed by atoms with Gasteiger partial charge in [-0.15, -0.1) is 0 Å². The van der Waals surface area contributed by atoms with Crippen molar-refractivity contribution in [2.75, 3.05) is 37.7 Å². The van der Waals surface area contributed by atoms with Crippen molar-refractivity contribution in [3.05, 3.63) is 22.7 Å². The lowest BCUT2D eigenvalue weighted by Crippen LogP contribution is -2.33. The Bertz CT molecular complexity index is 445. The molecule has 1 aliphatic rings. The number of nitrogens with one attached hydrogen (secondary N) is 1. The largest absolute Gasteiger partial charge is 0.397 e. The van der Waals surface area contributed by atoms with Crippen molar-refractivity contribution in [1.29, 1.82) is 0 Å². The van der Waals surface area contributed by atoms with Crippen LogP contribution in [0.1, 0.15) is 20.3 Å². The van der Waals surface area contributed by atoms with E-state index in [-0.39, 0.29) is 5.41 Å². The second-order valence-corrected chi connectivity index (χ2v) is 7.24. The summed E-state index contributed by atoms with van der Waals surface area (Å²) < 4.78 is 1.02. The molecule has 0 amide bonds. The molecule has 0 bridgehead atoms. The van der Waals surface area contributed by atoms with Crippen molar-refractivity contribution in [3.8, 4) is 0 Å². The van der Waals surface area contributed by atoms with Gasteiger partial charge in [-0.25, -0.2) is 0 Å². The monoisotopic (exact) mass is 325 g/mol. The zero-order valence-electron chi connectivity index (χ0n) is 12.0. The fourth-order valence-electron chi connectivity index (χ4n) is 2.73. The van der Waals surface area contributed by atoms with Gasteiger partial charge < -0.3 is 16.0 Å². The molecule has 3 N–H and O–H groups in total. The molecule has 1 atom stereocenters. The number of nitrogens with zero attached hydrogens (tertiary/aromatic N) is 1. The summed E-state index contributed by atoms with van der Waals surface area (Å²) in [5.74, 6) is 0.752. The molecule has 1 aromatic carbocycles. The maximum absolute atomic E-state index is 6.03. The third kappa shape index (κ3) is 3.63. The van der Waals surface area contributed by atoms with Gasteiger partial charge in [0.15, 0.2) is 0 Å². The standard InChI is InChI=1S/C15H24BrN3/c1-15(2,11-6-7-19(3)9-11)10-18-14-5-4-12(16)8-13(14)17/h4-5,8,11,18H,6-7,9-10,17H2,1-3H3. The van der Waals surface area contributed by atoms with Crippen molar-refractivity contribution in [2.24, 2.45) is 11.3 Å². The van der Waals surface area contributed by atoms with E-state index in [0.717, 1.165) is 28.3 Å². The van der Waals surface area contributed by atoms with Crippen LogP contribution in [0.2, 0.25) is 0 Å². The number of benzene rings is 1. The van der Waals surface area contributed by atoms with Crippen LogP contribution in [0.25, 0.3) is 0 Å². The number of hydrogen-bond acceptors (Lipinski definition) is 3. The second kappa shape index (κ2) is 5.71. The first kappa shape index (κ1) is 14.7. The molecule has 1 unspecified atom stereocenters. The highest BCUT2D eigenvalue weighted by atomic mass is 79.9. The van der Waals surface area contributed by atoms with Crippen LogP contribution in [0.15, 0.2) is 22.7 Å². The maximum atomic E-state index is 6.03. The van der Waals surface area contributed by atoms with Crippen LogP contribution < -0.4 is 11.1 Å². The average molecular weight is 326 g/mol. The van der Waals surface area contributed by atoms with E-state index >= 15 is 0 Å². The highest BCUT2D eigenvalue weighted by molar-refractivity contribution is 9.10. The molecule has 1 aromatic rings. The van der Waals surface area contributed by atoms with Crippen LogP contribution >= 0.6 is 15.9 Å². The van der Waals surface area contributed by atoms with E-state index in [9.17, 15) is 0 Å². The first-order valence-electron chi connectivity index (χ1n) is 6.86. The maximum Gasteiger partial charge on any atom is 0.0574 e.